The summed E-state index contributed by atoms with van der Waals surface area (Å²) in [5.41, 5.74) is -0.275. The minimum Gasteiger partial charge on any atom is -0.495 e. The van der Waals surface area contributed by atoms with Crippen LogP contribution in [0.1, 0.15) is 44.9 Å². The van der Waals surface area contributed by atoms with Gasteiger partial charge < -0.3 is 19.9 Å². The summed E-state index contributed by atoms with van der Waals surface area (Å²) >= 11 is 12.8. The van der Waals surface area contributed by atoms with E-state index in [1.54, 1.807) is 18.3 Å². The number of nitrogens with one attached hydrogen (secondary N) is 1. The van der Waals surface area contributed by atoms with Gasteiger partial charge in [-0.25, -0.2) is 4.68 Å². The normalized spacial score (nSPS) is 29.2. The second-order valence-electron chi connectivity index (χ2n) is 10.2. The van der Waals surface area contributed by atoms with Gasteiger partial charge in [0.1, 0.15) is 16.5 Å². The lowest BCUT2D eigenvalue weighted by molar-refractivity contribution is -0.151. The first kappa shape index (κ1) is 23.3. The Morgan fingerprint density at radius 2 is 1.82 bits per heavy atom. The molecule has 1 aromatic carbocycles. The van der Waals surface area contributed by atoms with Gasteiger partial charge in [0.05, 0.1) is 48.8 Å². The van der Waals surface area contributed by atoms with Crippen molar-refractivity contribution in [2.45, 2.75) is 50.5 Å². The summed E-state index contributed by atoms with van der Waals surface area (Å²) in [6.07, 6.45) is 6.94. The molecule has 8 nitrogen and oxygen atoms in total. The molecule has 4 saturated carbocycles. The Balaban J connectivity index is 1.50. The maximum Gasteiger partial charge on any atom is 0.303 e. The third kappa shape index (κ3) is 3.81. The van der Waals surface area contributed by atoms with Crippen molar-refractivity contribution in [2.75, 3.05) is 19.5 Å². The van der Waals surface area contributed by atoms with E-state index >= 15 is 0 Å². The molecule has 1 aromatic heterocycles. The van der Waals surface area contributed by atoms with Gasteiger partial charge in [0.2, 0.25) is 0 Å². The molecule has 0 spiro atoms. The number of aliphatic carboxylic acids is 1. The van der Waals surface area contributed by atoms with E-state index in [1.165, 1.54) is 18.9 Å². The number of anilines is 2. The average molecular weight is 508 g/mol. The number of carbonyl (C=O) groups is 1. The highest BCUT2D eigenvalue weighted by Gasteiger charge is 2.59. The van der Waals surface area contributed by atoms with Crippen LogP contribution in [0.15, 0.2) is 23.1 Å². The Labute approximate surface area is 207 Å². The zero-order valence-corrected chi connectivity index (χ0v) is 20.6. The Morgan fingerprint density at radius 3 is 2.44 bits per heavy atom. The van der Waals surface area contributed by atoms with Gasteiger partial charge in [0, 0.05) is 6.07 Å². The van der Waals surface area contributed by atoms with Crippen molar-refractivity contribution in [1.29, 1.82) is 0 Å². The topological polar surface area (TPSA) is 103 Å². The van der Waals surface area contributed by atoms with Crippen LogP contribution in [0.3, 0.4) is 0 Å². The fraction of sp³-hybridized carbons (Fsp3) is 0.542. The highest BCUT2D eigenvalue weighted by atomic mass is 35.5. The van der Waals surface area contributed by atoms with Crippen molar-refractivity contribution < 1.29 is 19.4 Å². The summed E-state index contributed by atoms with van der Waals surface area (Å²) in [5, 5.41) is 17.6. The standard InChI is InChI=1S/C24H27Cl2N3O5/c1-33-18-5-19(34-2)16(4-15(18)25)28-17-11-27-29(22(32)21(17)26)24-8-13-3-14(9-24)7-23(6-13,12-24)10-20(30)31/h4-5,11,13-14,28H,3,6-10,12H2,1-2H3,(H,30,31)/t13-,14-,23?,24?/m1/s1. The highest BCUT2D eigenvalue weighted by Crippen LogP contribution is 2.65. The lowest BCUT2D eigenvalue weighted by atomic mass is 9.46. The van der Waals surface area contributed by atoms with Crippen LogP contribution in [0, 0.1) is 17.3 Å². The number of nitrogens with zero attached hydrogens (tertiary/aromatic N) is 2. The fourth-order valence-corrected chi connectivity index (χ4v) is 7.55. The molecule has 4 fully saturated rings. The molecule has 10 heteroatoms. The third-order valence-electron chi connectivity index (χ3n) is 7.79. The number of halogens is 2. The minimum absolute atomic E-state index is 0.0204. The molecule has 1 heterocycles. The molecular formula is C24H27Cl2N3O5. The summed E-state index contributed by atoms with van der Waals surface area (Å²) in [4.78, 5) is 25.1. The van der Waals surface area contributed by atoms with Crippen LogP contribution >= 0.6 is 23.2 Å². The third-order valence-corrected chi connectivity index (χ3v) is 8.45. The van der Waals surface area contributed by atoms with E-state index < -0.39 is 11.5 Å². The lowest BCUT2D eigenvalue weighted by Gasteiger charge is -2.61. The molecule has 2 atom stereocenters. The molecule has 2 aromatic rings. The summed E-state index contributed by atoms with van der Waals surface area (Å²) in [7, 11) is 3.03. The monoisotopic (exact) mass is 507 g/mol. The quantitative estimate of drug-likeness (QED) is 0.538. The maximum atomic E-state index is 13.5. The summed E-state index contributed by atoms with van der Waals surface area (Å²) in [5.74, 6) is 0.981. The van der Waals surface area contributed by atoms with E-state index in [2.05, 4.69) is 10.4 Å². The van der Waals surface area contributed by atoms with Crippen molar-refractivity contribution in [3.8, 4) is 11.5 Å². The fourth-order valence-electron chi connectivity index (χ4n) is 7.14. The predicted octanol–water partition coefficient (Wildman–Crippen LogP) is 5.08. The Bertz CT molecular complexity index is 1200. The summed E-state index contributed by atoms with van der Waals surface area (Å²) in [6.45, 7) is 0. The van der Waals surface area contributed by atoms with Gasteiger partial charge in [0.25, 0.3) is 5.56 Å². The number of carboxylic acid groups (broad SMARTS) is 1. The van der Waals surface area contributed by atoms with Gasteiger partial charge in [-0.05, 0) is 61.8 Å². The van der Waals surface area contributed by atoms with E-state index in [-0.39, 0.29) is 22.4 Å². The molecule has 6 rings (SSSR count). The largest absolute Gasteiger partial charge is 0.495 e. The number of aromatic nitrogens is 2. The minimum atomic E-state index is -0.776. The van der Waals surface area contributed by atoms with Crippen molar-refractivity contribution in [3.05, 3.63) is 38.7 Å². The molecule has 0 radical (unpaired) electrons. The van der Waals surface area contributed by atoms with E-state index in [1.807, 2.05) is 0 Å². The maximum absolute atomic E-state index is 13.5. The molecule has 2 N–H and O–H groups in total. The number of hydrogen-bond acceptors (Lipinski definition) is 6. The van der Waals surface area contributed by atoms with E-state index in [4.69, 9.17) is 32.7 Å². The van der Waals surface area contributed by atoms with Crippen molar-refractivity contribution >= 4 is 40.5 Å². The van der Waals surface area contributed by atoms with Gasteiger partial charge >= 0.3 is 5.97 Å². The van der Waals surface area contributed by atoms with Crippen LogP contribution in [-0.4, -0.2) is 35.1 Å². The van der Waals surface area contributed by atoms with Crippen molar-refractivity contribution in [1.82, 2.24) is 9.78 Å². The van der Waals surface area contributed by atoms with Crippen LogP contribution in [0.4, 0.5) is 11.4 Å². The van der Waals surface area contributed by atoms with Crippen LogP contribution in [0.25, 0.3) is 0 Å². The number of hydrogen-bond donors (Lipinski definition) is 2. The predicted molar refractivity (Wildman–Crippen MR) is 129 cm³/mol. The van der Waals surface area contributed by atoms with E-state index in [0.717, 1.165) is 32.1 Å². The van der Waals surface area contributed by atoms with Gasteiger partial charge in [-0.2, -0.15) is 5.10 Å². The Kier molecular flexibility index (Phi) is 5.72. The smallest absolute Gasteiger partial charge is 0.303 e. The first-order valence-electron chi connectivity index (χ1n) is 11.4. The van der Waals surface area contributed by atoms with Crippen LogP contribution < -0.4 is 20.3 Å². The summed E-state index contributed by atoms with van der Waals surface area (Å²) < 4.78 is 12.2. The van der Waals surface area contributed by atoms with Crippen molar-refractivity contribution in [2.24, 2.45) is 17.3 Å². The molecule has 0 unspecified atom stereocenters. The number of carboxylic acids is 1. The summed E-state index contributed by atoms with van der Waals surface area (Å²) in [6, 6.07) is 3.28. The second kappa shape index (κ2) is 8.34. The van der Waals surface area contributed by atoms with Crippen LogP contribution in [0.5, 0.6) is 11.5 Å². The van der Waals surface area contributed by atoms with E-state index in [9.17, 15) is 14.7 Å². The Morgan fingerprint density at radius 1 is 1.15 bits per heavy atom. The SMILES string of the molecule is COc1cc(OC)c(Nc2cnn(C34C[C@@H]5C[C@H](CC(CC(=O)O)(C5)C3)C4)c(=O)c2Cl)cc1Cl. The zero-order valence-electron chi connectivity index (χ0n) is 19.1. The average Bonchev–Trinajstić information content (AvgIpc) is 2.75. The number of ether oxygens (including phenoxy) is 2. The van der Waals surface area contributed by atoms with Crippen molar-refractivity contribution in [3.63, 3.8) is 0 Å². The van der Waals surface area contributed by atoms with Crippen LogP contribution in [0.2, 0.25) is 10.0 Å². The molecule has 4 aliphatic rings. The first-order valence-corrected chi connectivity index (χ1v) is 12.1. The van der Waals surface area contributed by atoms with Crippen LogP contribution in [-0.2, 0) is 10.3 Å². The Hall–Kier alpha value is -2.45. The lowest BCUT2D eigenvalue weighted by Crippen LogP contribution is -2.59. The van der Waals surface area contributed by atoms with E-state index in [0.29, 0.717) is 46.2 Å². The molecule has 4 aliphatic carbocycles. The molecule has 0 aliphatic heterocycles. The number of rotatable bonds is 7. The number of benzene rings is 1. The molecule has 34 heavy (non-hydrogen) atoms. The highest BCUT2D eigenvalue weighted by molar-refractivity contribution is 6.33. The zero-order chi connectivity index (χ0) is 24.3. The first-order chi connectivity index (χ1) is 16.2. The molecular weight excluding hydrogens is 481 g/mol. The molecule has 0 amide bonds. The molecule has 182 valence electrons. The van der Waals surface area contributed by atoms with Gasteiger partial charge in [-0.1, -0.05) is 23.2 Å². The molecule has 0 saturated heterocycles. The molecule has 4 bridgehead atoms. The van der Waals surface area contributed by atoms with Gasteiger partial charge in [-0.3, -0.25) is 9.59 Å². The van der Waals surface area contributed by atoms with Gasteiger partial charge in [-0.15, -0.1) is 0 Å². The van der Waals surface area contributed by atoms with Gasteiger partial charge in [0.15, 0.2) is 0 Å². The number of methoxy groups -OCH3 is 2. The second-order valence-corrected chi connectivity index (χ2v) is 10.9.